The van der Waals surface area contributed by atoms with Gasteiger partial charge in [0.1, 0.15) is 17.6 Å². The van der Waals surface area contributed by atoms with Crippen molar-refractivity contribution < 1.29 is 9.84 Å². The van der Waals surface area contributed by atoms with Crippen LogP contribution in [0.3, 0.4) is 0 Å². The summed E-state index contributed by atoms with van der Waals surface area (Å²) in [5.41, 5.74) is 1.01. The predicted molar refractivity (Wildman–Crippen MR) is 51.5 cm³/mol. The number of phenolic OH excluding ortho intramolecular Hbond substituents is 1. The number of fused-ring (bicyclic) bond motifs is 1. The second-order valence-corrected chi connectivity index (χ2v) is 3.68. The zero-order valence-corrected chi connectivity index (χ0v) is 8.14. The van der Waals surface area contributed by atoms with Gasteiger partial charge in [-0.05, 0) is 12.5 Å². The molecule has 1 unspecified atom stereocenters. The minimum absolute atomic E-state index is 0.212. The van der Waals surface area contributed by atoms with E-state index in [0.717, 1.165) is 24.2 Å². The third kappa shape index (κ3) is 1.46. The van der Waals surface area contributed by atoms with Crippen molar-refractivity contribution in [1.29, 1.82) is 0 Å². The Labute approximate surface area is 82.1 Å². The Morgan fingerprint density at radius 1 is 1.62 bits per heavy atom. The maximum atomic E-state index is 9.30. The van der Waals surface area contributed by atoms with Crippen molar-refractivity contribution in [1.82, 2.24) is 0 Å². The van der Waals surface area contributed by atoms with Crippen molar-refractivity contribution in [3.8, 4) is 11.5 Å². The highest BCUT2D eigenvalue weighted by Gasteiger charge is 2.24. The highest BCUT2D eigenvalue weighted by molar-refractivity contribution is 6.32. The molecule has 0 radical (unpaired) electrons. The van der Waals surface area contributed by atoms with E-state index in [0.29, 0.717) is 5.02 Å². The fourth-order valence-electron chi connectivity index (χ4n) is 1.60. The van der Waals surface area contributed by atoms with E-state index >= 15 is 0 Å². The minimum atomic E-state index is 0.212. The van der Waals surface area contributed by atoms with Gasteiger partial charge in [0.15, 0.2) is 0 Å². The zero-order valence-electron chi connectivity index (χ0n) is 7.38. The standard InChI is InChI=1S/C10H11ClO2/c1-2-8-4-6-3-7(12)5-9(11)10(6)13-8/h3,5,8,12H,2,4H2,1H3. The Morgan fingerprint density at radius 3 is 3.08 bits per heavy atom. The molecule has 0 saturated heterocycles. The van der Waals surface area contributed by atoms with E-state index in [-0.39, 0.29) is 11.9 Å². The summed E-state index contributed by atoms with van der Waals surface area (Å²) in [4.78, 5) is 0. The van der Waals surface area contributed by atoms with Gasteiger partial charge in [-0.2, -0.15) is 0 Å². The maximum Gasteiger partial charge on any atom is 0.141 e. The van der Waals surface area contributed by atoms with Crippen LogP contribution >= 0.6 is 11.6 Å². The molecule has 1 heterocycles. The smallest absolute Gasteiger partial charge is 0.141 e. The molecule has 70 valence electrons. The number of rotatable bonds is 1. The number of hydrogen-bond acceptors (Lipinski definition) is 2. The lowest BCUT2D eigenvalue weighted by Crippen LogP contribution is -2.10. The molecule has 2 nitrogen and oxygen atoms in total. The first kappa shape index (κ1) is 8.70. The SMILES string of the molecule is CCC1Cc2cc(O)cc(Cl)c2O1. The Morgan fingerprint density at radius 2 is 2.38 bits per heavy atom. The number of ether oxygens (including phenoxy) is 1. The van der Waals surface area contributed by atoms with E-state index in [1.54, 1.807) is 6.07 Å². The molecule has 0 fully saturated rings. The summed E-state index contributed by atoms with van der Waals surface area (Å²) in [6, 6.07) is 3.23. The lowest BCUT2D eigenvalue weighted by atomic mass is 10.1. The highest BCUT2D eigenvalue weighted by atomic mass is 35.5. The van der Waals surface area contributed by atoms with Crippen LogP contribution in [0.4, 0.5) is 0 Å². The lowest BCUT2D eigenvalue weighted by Gasteiger charge is -2.06. The van der Waals surface area contributed by atoms with Gasteiger partial charge in [-0.25, -0.2) is 0 Å². The van der Waals surface area contributed by atoms with Crippen LogP contribution in [0.5, 0.6) is 11.5 Å². The average Bonchev–Trinajstić information content (AvgIpc) is 2.47. The van der Waals surface area contributed by atoms with E-state index < -0.39 is 0 Å². The first-order chi connectivity index (χ1) is 6.20. The monoisotopic (exact) mass is 198 g/mol. The fourth-order valence-corrected chi connectivity index (χ4v) is 1.88. The molecular weight excluding hydrogens is 188 g/mol. The van der Waals surface area contributed by atoms with E-state index in [1.807, 2.05) is 0 Å². The van der Waals surface area contributed by atoms with E-state index in [1.165, 1.54) is 6.07 Å². The summed E-state index contributed by atoms with van der Waals surface area (Å²) in [5, 5.41) is 9.80. The van der Waals surface area contributed by atoms with Crippen LogP contribution in [0.2, 0.25) is 5.02 Å². The molecule has 13 heavy (non-hydrogen) atoms. The van der Waals surface area contributed by atoms with E-state index in [4.69, 9.17) is 16.3 Å². The van der Waals surface area contributed by atoms with Gasteiger partial charge >= 0.3 is 0 Å². The van der Waals surface area contributed by atoms with Gasteiger partial charge in [-0.15, -0.1) is 0 Å². The van der Waals surface area contributed by atoms with Crippen molar-refractivity contribution in [2.45, 2.75) is 25.9 Å². The molecule has 0 saturated carbocycles. The molecule has 1 atom stereocenters. The predicted octanol–water partition coefficient (Wildman–Crippen LogP) is 2.76. The second kappa shape index (κ2) is 3.11. The van der Waals surface area contributed by atoms with Crippen LogP contribution < -0.4 is 4.74 Å². The minimum Gasteiger partial charge on any atom is -0.508 e. The molecule has 0 aliphatic carbocycles. The summed E-state index contributed by atoms with van der Waals surface area (Å²) in [5.74, 6) is 0.954. The van der Waals surface area contributed by atoms with E-state index in [9.17, 15) is 5.11 Å². The summed E-state index contributed by atoms with van der Waals surface area (Å²) in [7, 11) is 0. The largest absolute Gasteiger partial charge is 0.508 e. The third-order valence-corrected chi connectivity index (χ3v) is 2.57. The van der Waals surface area contributed by atoms with Crippen molar-refractivity contribution >= 4 is 11.6 Å². The van der Waals surface area contributed by atoms with Gasteiger partial charge < -0.3 is 9.84 Å². The van der Waals surface area contributed by atoms with Gasteiger partial charge in [0, 0.05) is 18.1 Å². The Bertz CT molecular complexity index is 336. The molecule has 0 amide bonds. The summed E-state index contributed by atoms with van der Waals surface area (Å²) in [6.07, 6.45) is 2.03. The molecule has 1 aromatic rings. The first-order valence-corrected chi connectivity index (χ1v) is 4.76. The van der Waals surface area contributed by atoms with Gasteiger partial charge in [0.25, 0.3) is 0 Å². The Kier molecular flexibility index (Phi) is 2.08. The van der Waals surface area contributed by atoms with Gasteiger partial charge in [-0.1, -0.05) is 18.5 Å². The topological polar surface area (TPSA) is 29.5 Å². The van der Waals surface area contributed by atoms with Gasteiger partial charge in [0.05, 0.1) is 5.02 Å². The first-order valence-electron chi connectivity index (χ1n) is 4.38. The normalized spacial score (nSPS) is 19.7. The maximum absolute atomic E-state index is 9.30. The van der Waals surface area contributed by atoms with Crippen molar-refractivity contribution in [3.63, 3.8) is 0 Å². The number of phenols is 1. The highest BCUT2D eigenvalue weighted by Crippen LogP contribution is 2.39. The van der Waals surface area contributed by atoms with Crippen LogP contribution in [0.15, 0.2) is 12.1 Å². The summed E-state index contributed by atoms with van der Waals surface area (Å²) < 4.78 is 5.60. The molecule has 0 aromatic heterocycles. The molecule has 1 aliphatic rings. The lowest BCUT2D eigenvalue weighted by molar-refractivity contribution is 0.228. The molecule has 3 heteroatoms. The van der Waals surface area contributed by atoms with Crippen molar-refractivity contribution in [2.24, 2.45) is 0 Å². The summed E-state index contributed by atoms with van der Waals surface area (Å²) in [6.45, 7) is 2.07. The van der Waals surface area contributed by atoms with Crippen molar-refractivity contribution in [3.05, 3.63) is 22.7 Å². The fraction of sp³-hybridized carbons (Fsp3) is 0.400. The molecule has 0 spiro atoms. The van der Waals surface area contributed by atoms with Crippen LogP contribution in [0.1, 0.15) is 18.9 Å². The van der Waals surface area contributed by atoms with Crippen LogP contribution in [-0.4, -0.2) is 11.2 Å². The quantitative estimate of drug-likeness (QED) is 0.752. The third-order valence-electron chi connectivity index (χ3n) is 2.29. The number of halogens is 1. The van der Waals surface area contributed by atoms with Gasteiger partial charge in [0.2, 0.25) is 0 Å². The Balaban J connectivity index is 2.40. The van der Waals surface area contributed by atoms with Crippen molar-refractivity contribution in [2.75, 3.05) is 0 Å². The van der Waals surface area contributed by atoms with Crippen LogP contribution in [0.25, 0.3) is 0 Å². The molecule has 0 bridgehead atoms. The molecule has 1 N–H and O–H groups in total. The van der Waals surface area contributed by atoms with Crippen LogP contribution in [0, 0.1) is 0 Å². The summed E-state index contributed by atoms with van der Waals surface area (Å²) >= 11 is 5.91. The Hall–Kier alpha value is -0.890. The number of hydrogen-bond donors (Lipinski definition) is 1. The average molecular weight is 199 g/mol. The number of benzene rings is 1. The van der Waals surface area contributed by atoms with Gasteiger partial charge in [-0.3, -0.25) is 0 Å². The van der Waals surface area contributed by atoms with E-state index in [2.05, 4.69) is 6.92 Å². The molecule has 1 aliphatic heterocycles. The van der Waals surface area contributed by atoms with Crippen LogP contribution in [-0.2, 0) is 6.42 Å². The molecule has 1 aromatic carbocycles. The zero-order chi connectivity index (χ0) is 9.42. The molecule has 2 rings (SSSR count). The number of aromatic hydroxyl groups is 1. The molecular formula is C10H11ClO2. The second-order valence-electron chi connectivity index (χ2n) is 3.27.